The number of benzene rings is 2. The normalized spacial score (nSPS) is 11.2. The summed E-state index contributed by atoms with van der Waals surface area (Å²) in [6, 6.07) is 12.5. The fraction of sp³-hybridized carbons (Fsp3) is 0.158. The van der Waals surface area contributed by atoms with Crippen LogP contribution in [0.3, 0.4) is 0 Å². The molecule has 0 aliphatic rings. The van der Waals surface area contributed by atoms with E-state index in [1.165, 1.54) is 0 Å². The quantitative estimate of drug-likeness (QED) is 0.614. The number of rotatable bonds is 4. The first-order valence-electron chi connectivity index (χ1n) is 8.13. The lowest BCUT2D eigenvalue weighted by Crippen LogP contribution is -2.28. The average molecular weight is 429 g/mol. The number of amides is 2. The van der Waals surface area contributed by atoms with Crippen molar-refractivity contribution in [2.45, 2.75) is 6.92 Å². The number of fused-ring (bicyclic) bond motifs is 1. The van der Waals surface area contributed by atoms with E-state index in [4.69, 9.17) is 0 Å². The van der Waals surface area contributed by atoms with Crippen LogP contribution in [-0.4, -0.2) is 28.0 Å². The molecule has 3 rings (SSSR count). The SMILES string of the molecule is Cc1ccc2c(c1)c(N=NC(=O)CNC(=O)c1ccccc1Br)c(O)n2C. The lowest BCUT2D eigenvalue weighted by atomic mass is 10.1. The number of halogens is 1. The molecular formula is C19H17BrN4O3. The highest BCUT2D eigenvalue weighted by molar-refractivity contribution is 9.10. The van der Waals surface area contributed by atoms with Crippen molar-refractivity contribution in [2.24, 2.45) is 17.3 Å². The van der Waals surface area contributed by atoms with E-state index in [-0.39, 0.29) is 18.1 Å². The fourth-order valence-electron chi connectivity index (χ4n) is 2.66. The fourth-order valence-corrected chi connectivity index (χ4v) is 3.13. The molecule has 0 saturated carbocycles. The summed E-state index contributed by atoms with van der Waals surface area (Å²) in [6.45, 7) is 1.63. The monoisotopic (exact) mass is 428 g/mol. The van der Waals surface area contributed by atoms with E-state index in [1.807, 2.05) is 25.1 Å². The predicted molar refractivity (Wildman–Crippen MR) is 105 cm³/mol. The molecule has 2 aromatic carbocycles. The first kappa shape index (κ1) is 18.8. The van der Waals surface area contributed by atoms with Gasteiger partial charge < -0.3 is 15.0 Å². The molecule has 0 aliphatic carbocycles. The molecule has 1 heterocycles. The number of carbonyl (C=O) groups excluding carboxylic acids is 2. The second-order valence-corrected chi connectivity index (χ2v) is 6.86. The van der Waals surface area contributed by atoms with Gasteiger partial charge in [0.15, 0.2) is 5.69 Å². The largest absolute Gasteiger partial charge is 0.493 e. The van der Waals surface area contributed by atoms with Crippen LogP contribution in [0.15, 0.2) is 57.2 Å². The van der Waals surface area contributed by atoms with Crippen molar-refractivity contribution in [1.82, 2.24) is 9.88 Å². The highest BCUT2D eigenvalue weighted by Gasteiger charge is 2.15. The van der Waals surface area contributed by atoms with E-state index in [1.54, 1.807) is 35.9 Å². The Morgan fingerprint density at radius 3 is 2.70 bits per heavy atom. The van der Waals surface area contributed by atoms with Crippen molar-refractivity contribution in [2.75, 3.05) is 6.54 Å². The molecule has 0 radical (unpaired) electrons. The first-order chi connectivity index (χ1) is 12.9. The topological polar surface area (TPSA) is 96.1 Å². The Kier molecular flexibility index (Phi) is 5.36. The highest BCUT2D eigenvalue weighted by Crippen LogP contribution is 2.38. The second kappa shape index (κ2) is 7.71. The lowest BCUT2D eigenvalue weighted by Gasteiger charge is -2.04. The van der Waals surface area contributed by atoms with Gasteiger partial charge >= 0.3 is 0 Å². The maximum absolute atomic E-state index is 12.1. The van der Waals surface area contributed by atoms with Gasteiger partial charge in [0.2, 0.25) is 5.88 Å². The average Bonchev–Trinajstić information content (AvgIpc) is 2.88. The summed E-state index contributed by atoms with van der Waals surface area (Å²) in [5.74, 6) is -1.10. The molecule has 138 valence electrons. The summed E-state index contributed by atoms with van der Waals surface area (Å²) in [6.07, 6.45) is 0. The van der Waals surface area contributed by atoms with Crippen LogP contribution < -0.4 is 5.32 Å². The summed E-state index contributed by atoms with van der Waals surface area (Å²) in [5.41, 5.74) is 2.42. The molecule has 0 saturated heterocycles. The van der Waals surface area contributed by atoms with Gasteiger partial charge in [-0.3, -0.25) is 9.59 Å². The van der Waals surface area contributed by atoms with E-state index >= 15 is 0 Å². The minimum atomic E-state index is -0.626. The van der Waals surface area contributed by atoms with Crippen LogP contribution >= 0.6 is 15.9 Å². The standard InChI is InChI=1S/C19H17BrN4O3/c1-11-7-8-15-13(9-11)17(19(27)24(15)2)23-22-16(25)10-21-18(26)12-5-3-4-6-14(12)20/h3-9,27H,10H2,1-2H3,(H,21,26). The molecule has 27 heavy (non-hydrogen) atoms. The van der Waals surface area contributed by atoms with Crippen LogP contribution in [0.25, 0.3) is 10.9 Å². The number of nitrogens with zero attached hydrogens (tertiary/aromatic N) is 3. The number of carbonyl (C=O) groups is 2. The van der Waals surface area contributed by atoms with E-state index in [2.05, 4.69) is 31.5 Å². The maximum Gasteiger partial charge on any atom is 0.283 e. The van der Waals surface area contributed by atoms with Crippen LogP contribution in [0, 0.1) is 6.92 Å². The van der Waals surface area contributed by atoms with Crippen LogP contribution in [0.2, 0.25) is 0 Å². The number of aromatic nitrogens is 1. The molecule has 3 aromatic rings. The molecule has 8 heteroatoms. The summed E-state index contributed by atoms with van der Waals surface area (Å²) in [4.78, 5) is 24.1. The molecule has 0 fully saturated rings. The van der Waals surface area contributed by atoms with Gasteiger partial charge in [-0.25, -0.2) is 0 Å². The Hall–Kier alpha value is -3.00. The van der Waals surface area contributed by atoms with Gasteiger partial charge in [-0.2, -0.15) is 0 Å². The Labute approximate surface area is 163 Å². The molecule has 0 unspecified atom stereocenters. The van der Waals surface area contributed by atoms with Gasteiger partial charge in [-0.15, -0.1) is 10.2 Å². The van der Waals surface area contributed by atoms with Gasteiger partial charge in [0.1, 0.15) is 6.54 Å². The summed E-state index contributed by atoms with van der Waals surface area (Å²) in [5, 5.41) is 21.0. The maximum atomic E-state index is 12.1. The van der Waals surface area contributed by atoms with Crippen LogP contribution in [0.1, 0.15) is 15.9 Å². The number of aryl methyl sites for hydroxylation is 2. The minimum absolute atomic E-state index is 0.0793. The number of aromatic hydroxyl groups is 1. The zero-order valence-electron chi connectivity index (χ0n) is 14.7. The third-order valence-corrected chi connectivity index (χ3v) is 4.77. The Morgan fingerprint density at radius 2 is 1.96 bits per heavy atom. The van der Waals surface area contributed by atoms with Crippen molar-refractivity contribution in [3.05, 3.63) is 58.1 Å². The molecule has 2 amide bonds. The Bertz CT molecular complexity index is 1070. The Balaban J connectivity index is 1.73. The lowest BCUT2D eigenvalue weighted by molar-refractivity contribution is -0.117. The van der Waals surface area contributed by atoms with Gasteiger partial charge in [0.25, 0.3) is 11.8 Å². The predicted octanol–water partition coefficient (Wildman–Crippen LogP) is 4.00. The van der Waals surface area contributed by atoms with Crippen molar-refractivity contribution < 1.29 is 14.7 Å². The molecule has 0 aliphatic heterocycles. The minimum Gasteiger partial charge on any atom is -0.493 e. The third-order valence-electron chi connectivity index (χ3n) is 4.08. The van der Waals surface area contributed by atoms with Gasteiger partial charge in [-0.05, 0) is 47.1 Å². The third kappa shape index (κ3) is 3.90. The first-order valence-corrected chi connectivity index (χ1v) is 8.93. The van der Waals surface area contributed by atoms with E-state index in [0.717, 1.165) is 11.1 Å². The molecule has 7 nitrogen and oxygen atoms in total. The zero-order chi connectivity index (χ0) is 19.6. The van der Waals surface area contributed by atoms with Crippen LogP contribution in [-0.2, 0) is 11.8 Å². The van der Waals surface area contributed by atoms with Crippen LogP contribution in [0.4, 0.5) is 5.69 Å². The Morgan fingerprint density at radius 1 is 1.22 bits per heavy atom. The molecular weight excluding hydrogens is 412 g/mol. The summed E-state index contributed by atoms with van der Waals surface area (Å²) < 4.78 is 2.20. The van der Waals surface area contributed by atoms with Crippen molar-refractivity contribution >= 4 is 44.3 Å². The van der Waals surface area contributed by atoms with Crippen LogP contribution in [0.5, 0.6) is 5.88 Å². The molecule has 0 atom stereocenters. The number of hydrogen-bond acceptors (Lipinski definition) is 4. The zero-order valence-corrected chi connectivity index (χ0v) is 16.3. The molecule has 1 aromatic heterocycles. The smallest absolute Gasteiger partial charge is 0.283 e. The number of hydrogen-bond donors (Lipinski definition) is 2. The van der Waals surface area contributed by atoms with Gasteiger partial charge in [0, 0.05) is 16.9 Å². The molecule has 2 N–H and O–H groups in total. The molecule has 0 bridgehead atoms. The number of azo groups is 1. The summed E-state index contributed by atoms with van der Waals surface area (Å²) in [7, 11) is 1.70. The van der Waals surface area contributed by atoms with E-state index in [9.17, 15) is 14.7 Å². The van der Waals surface area contributed by atoms with Gasteiger partial charge in [0.05, 0.1) is 11.1 Å². The molecule has 0 spiro atoms. The van der Waals surface area contributed by atoms with E-state index in [0.29, 0.717) is 15.4 Å². The van der Waals surface area contributed by atoms with Crippen molar-refractivity contribution in [1.29, 1.82) is 0 Å². The van der Waals surface area contributed by atoms with Crippen molar-refractivity contribution in [3.63, 3.8) is 0 Å². The van der Waals surface area contributed by atoms with Crippen molar-refractivity contribution in [3.8, 4) is 5.88 Å². The number of nitrogens with one attached hydrogen (secondary N) is 1. The highest BCUT2D eigenvalue weighted by atomic mass is 79.9. The summed E-state index contributed by atoms with van der Waals surface area (Å²) >= 11 is 3.29. The second-order valence-electron chi connectivity index (χ2n) is 6.01. The van der Waals surface area contributed by atoms with Gasteiger partial charge in [-0.1, -0.05) is 23.8 Å². The van der Waals surface area contributed by atoms with E-state index < -0.39 is 11.8 Å².